The summed E-state index contributed by atoms with van der Waals surface area (Å²) in [4.78, 5) is 13.1. The Morgan fingerprint density at radius 3 is 1.48 bits per heavy atom. The summed E-state index contributed by atoms with van der Waals surface area (Å²) in [5.41, 5.74) is 0. The predicted molar refractivity (Wildman–Crippen MR) is 290 cm³/mol. The van der Waals surface area contributed by atoms with Gasteiger partial charge in [0.05, 0.1) is 32.0 Å². The van der Waals surface area contributed by atoms with Crippen molar-refractivity contribution in [3.05, 3.63) is 97.2 Å². The first-order valence-electron chi connectivity index (χ1n) is 28.0. The number of allylic oxidation sites excluding steroid dienone is 14. The lowest BCUT2D eigenvalue weighted by molar-refractivity contribution is -0.359. The second kappa shape index (κ2) is 44.1. The van der Waals surface area contributed by atoms with Gasteiger partial charge in [-0.1, -0.05) is 195 Å². The van der Waals surface area contributed by atoms with E-state index in [0.29, 0.717) is 12.8 Å². The Kier molecular flexibility index (Phi) is 39.9. The molecule has 2 heterocycles. The van der Waals surface area contributed by atoms with Crippen LogP contribution in [0.15, 0.2) is 97.2 Å². The van der Waals surface area contributed by atoms with Gasteiger partial charge in [-0.05, 0) is 70.6 Å². The van der Waals surface area contributed by atoms with Crippen molar-refractivity contribution in [1.29, 1.82) is 0 Å². The van der Waals surface area contributed by atoms with Crippen LogP contribution in [0.25, 0.3) is 0 Å². The van der Waals surface area contributed by atoms with Gasteiger partial charge in [0.25, 0.3) is 0 Å². The van der Waals surface area contributed by atoms with Gasteiger partial charge in [-0.25, -0.2) is 0 Å². The molecule has 2 aliphatic rings. The van der Waals surface area contributed by atoms with E-state index in [9.17, 15) is 45.6 Å². The molecule has 418 valence electrons. The maximum absolute atomic E-state index is 13.1. The minimum Gasteiger partial charge on any atom is -0.394 e. The average Bonchev–Trinajstić information content (AvgIpc) is 3.39. The smallest absolute Gasteiger partial charge is 0.224 e. The number of unbranched alkanes of at least 4 members (excludes halogenated alkanes) is 16. The second-order valence-corrected chi connectivity index (χ2v) is 19.3. The van der Waals surface area contributed by atoms with Crippen molar-refractivity contribution in [2.75, 3.05) is 19.8 Å². The lowest BCUT2D eigenvalue weighted by atomic mass is 9.97. The van der Waals surface area contributed by atoms with Gasteiger partial charge in [-0.2, -0.15) is 0 Å². The monoisotopic (exact) mass is 1030 g/mol. The number of amides is 1. The van der Waals surface area contributed by atoms with E-state index in [-0.39, 0.29) is 18.9 Å². The summed E-state index contributed by atoms with van der Waals surface area (Å²) in [6, 6.07) is -0.998. The SMILES string of the molecule is CC/C=C\C/C=C\C/C=C\C/C=C\C/C=C\CC(=O)NC(COC1OC(CO)C(OC2OC(CO)C(O)C(O)C2O)C(O)C1O)C(O)/C=C/CC/C=C/CC/C=C/CCCCCCCCCCCCCCCC. The second-order valence-electron chi connectivity index (χ2n) is 19.3. The molecule has 0 aliphatic carbocycles. The summed E-state index contributed by atoms with van der Waals surface area (Å²) < 4.78 is 22.6. The van der Waals surface area contributed by atoms with Gasteiger partial charge < -0.3 is 65.1 Å². The van der Waals surface area contributed by atoms with Crippen LogP contribution in [-0.2, 0) is 23.7 Å². The Morgan fingerprint density at radius 2 is 0.959 bits per heavy atom. The molecule has 0 radical (unpaired) electrons. The highest BCUT2D eigenvalue weighted by Crippen LogP contribution is 2.30. The van der Waals surface area contributed by atoms with E-state index < -0.39 is 86.8 Å². The number of rotatable bonds is 42. The molecule has 0 aromatic heterocycles. The highest BCUT2D eigenvalue weighted by atomic mass is 16.7. The van der Waals surface area contributed by atoms with Crippen LogP contribution in [0.2, 0.25) is 0 Å². The van der Waals surface area contributed by atoms with E-state index in [2.05, 4.69) is 86.0 Å². The molecule has 2 aliphatic heterocycles. The van der Waals surface area contributed by atoms with Gasteiger partial charge >= 0.3 is 0 Å². The number of nitrogens with one attached hydrogen (secondary N) is 1. The van der Waals surface area contributed by atoms with Crippen molar-refractivity contribution in [3.8, 4) is 0 Å². The Bertz CT molecular complexity index is 1590. The van der Waals surface area contributed by atoms with E-state index in [1.54, 1.807) is 12.2 Å². The fourth-order valence-electron chi connectivity index (χ4n) is 8.51. The zero-order valence-electron chi connectivity index (χ0n) is 44.6. The van der Waals surface area contributed by atoms with Gasteiger partial charge in [-0.15, -0.1) is 0 Å². The Hall–Kier alpha value is -3.09. The molecule has 2 saturated heterocycles. The molecule has 0 spiro atoms. The first-order chi connectivity index (χ1) is 35.6. The molecule has 1 amide bonds. The van der Waals surface area contributed by atoms with E-state index >= 15 is 0 Å². The van der Waals surface area contributed by atoms with Crippen LogP contribution in [0.1, 0.15) is 174 Å². The molecule has 9 N–H and O–H groups in total. The number of aliphatic hydroxyl groups is 8. The maximum atomic E-state index is 13.1. The number of ether oxygens (including phenoxy) is 4. The molecule has 12 unspecified atom stereocenters. The molecule has 0 aromatic carbocycles. The first kappa shape index (κ1) is 66.0. The van der Waals surface area contributed by atoms with Crippen LogP contribution in [0.3, 0.4) is 0 Å². The molecule has 14 heteroatoms. The van der Waals surface area contributed by atoms with Gasteiger partial charge in [0.15, 0.2) is 12.6 Å². The lowest BCUT2D eigenvalue weighted by Gasteiger charge is -2.46. The molecular weight excluding hydrogens is 931 g/mol. The third-order valence-corrected chi connectivity index (χ3v) is 13.0. The molecule has 0 bridgehead atoms. The highest BCUT2D eigenvalue weighted by molar-refractivity contribution is 5.77. The minimum atomic E-state index is -1.80. The lowest BCUT2D eigenvalue weighted by Crippen LogP contribution is -2.65. The van der Waals surface area contributed by atoms with Crippen molar-refractivity contribution < 1.29 is 64.6 Å². The molecule has 0 saturated carbocycles. The van der Waals surface area contributed by atoms with Gasteiger partial charge in [0, 0.05) is 6.42 Å². The maximum Gasteiger partial charge on any atom is 0.224 e. The Morgan fingerprint density at radius 1 is 0.507 bits per heavy atom. The summed E-state index contributed by atoms with van der Waals surface area (Å²) in [5, 5.41) is 86.8. The van der Waals surface area contributed by atoms with E-state index in [0.717, 1.165) is 51.4 Å². The average molecular weight is 1030 g/mol. The van der Waals surface area contributed by atoms with Crippen molar-refractivity contribution in [3.63, 3.8) is 0 Å². The quantitative estimate of drug-likeness (QED) is 0.0206. The van der Waals surface area contributed by atoms with E-state index in [1.807, 2.05) is 18.2 Å². The Labute approximate surface area is 439 Å². The summed E-state index contributed by atoms with van der Waals surface area (Å²) in [6.45, 7) is 2.57. The van der Waals surface area contributed by atoms with Crippen molar-refractivity contribution >= 4 is 5.91 Å². The predicted octanol–water partition coefficient (Wildman–Crippen LogP) is 8.71. The third-order valence-electron chi connectivity index (χ3n) is 13.0. The number of carbonyl (C=O) groups excluding carboxylic acids is 1. The standard InChI is InChI=1S/C59H99NO13/c1-3-5-7-9-11-13-15-17-19-20-21-22-23-24-25-26-27-29-30-32-34-36-38-40-42-48(63)47(60-51(64)43-41-39-37-35-33-31-28-18-16-14-12-10-8-6-4-2)46-70-58-56(69)54(67)57(50(45-62)72-58)73-59-55(68)53(66)52(65)49(44-61)71-59/h6,8,12,14,18,26-28,32-35,39-42,47-50,52-59,61-63,65-69H,3-5,7,9-11,13,15-17,19-25,29-31,36-38,43-46H2,1-2H3,(H,60,64)/b8-6-,14-12-,27-26+,28-18-,34-32+,35-33-,41-39-,42-40+. The minimum absolute atomic E-state index is 0.0325. The summed E-state index contributed by atoms with van der Waals surface area (Å²) in [6.07, 6.45) is 43.4. The van der Waals surface area contributed by atoms with Crippen molar-refractivity contribution in [1.82, 2.24) is 5.32 Å². The van der Waals surface area contributed by atoms with E-state index in [1.165, 1.54) is 89.9 Å². The third kappa shape index (κ3) is 30.3. The van der Waals surface area contributed by atoms with Gasteiger partial charge in [0.2, 0.25) is 5.91 Å². The number of aliphatic hydroxyl groups excluding tert-OH is 8. The van der Waals surface area contributed by atoms with Crippen LogP contribution in [0.5, 0.6) is 0 Å². The van der Waals surface area contributed by atoms with E-state index in [4.69, 9.17) is 18.9 Å². The van der Waals surface area contributed by atoms with Crippen LogP contribution >= 0.6 is 0 Å². The number of hydrogen-bond acceptors (Lipinski definition) is 13. The molecular formula is C59H99NO13. The van der Waals surface area contributed by atoms with Crippen LogP contribution < -0.4 is 5.32 Å². The van der Waals surface area contributed by atoms with Crippen LogP contribution in [0, 0.1) is 0 Å². The molecule has 73 heavy (non-hydrogen) atoms. The van der Waals surface area contributed by atoms with Crippen LogP contribution in [-0.4, -0.2) is 140 Å². The summed E-state index contributed by atoms with van der Waals surface area (Å²) >= 11 is 0. The molecule has 2 fully saturated rings. The fraction of sp³-hybridized carbons (Fsp3) is 0.712. The highest BCUT2D eigenvalue weighted by Gasteiger charge is 2.51. The summed E-state index contributed by atoms with van der Waals surface area (Å²) in [5.74, 6) is -0.384. The molecule has 0 aromatic rings. The topological polar surface area (TPSA) is 228 Å². The largest absolute Gasteiger partial charge is 0.394 e. The molecule has 12 atom stereocenters. The van der Waals surface area contributed by atoms with Crippen molar-refractivity contribution in [2.24, 2.45) is 0 Å². The number of hydrogen-bond donors (Lipinski definition) is 9. The zero-order chi connectivity index (χ0) is 53.2. The summed E-state index contributed by atoms with van der Waals surface area (Å²) in [7, 11) is 0. The van der Waals surface area contributed by atoms with Crippen LogP contribution in [0.4, 0.5) is 0 Å². The fourth-order valence-corrected chi connectivity index (χ4v) is 8.51. The van der Waals surface area contributed by atoms with Gasteiger partial charge in [0.1, 0.15) is 48.8 Å². The normalized spacial score (nSPS) is 26.2. The number of carbonyl (C=O) groups is 1. The van der Waals surface area contributed by atoms with Gasteiger partial charge in [-0.3, -0.25) is 4.79 Å². The zero-order valence-corrected chi connectivity index (χ0v) is 44.6. The first-order valence-corrected chi connectivity index (χ1v) is 28.0. The molecule has 2 rings (SSSR count). The molecule has 14 nitrogen and oxygen atoms in total. The van der Waals surface area contributed by atoms with Crippen molar-refractivity contribution in [2.45, 2.75) is 248 Å². The Balaban J connectivity index is 1.85.